The first-order chi connectivity index (χ1) is 11.6. The lowest BCUT2D eigenvalue weighted by Crippen LogP contribution is -2.39. The van der Waals surface area contributed by atoms with E-state index in [1.807, 2.05) is 7.05 Å². The van der Waals surface area contributed by atoms with Crippen LogP contribution in [-0.4, -0.2) is 49.1 Å². The molecule has 0 atom stereocenters. The lowest BCUT2D eigenvalue weighted by molar-refractivity contribution is 0.187. The Labute approximate surface area is 151 Å². The maximum atomic E-state index is 4.65. The third-order valence-corrected chi connectivity index (χ3v) is 5.66. The van der Waals surface area contributed by atoms with Crippen LogP contribution in [0, 0.1) is 5.92 Å². The van der Waals surface area contributed by atoms with Crippen LogP contribution < -0.4 is 10.6 Å². The Bertz CT molecular complexity index is 503. The monoisotopic (exact) mass is 351 g/mol. The van der Waals surface area contributed by atoms with Gasteiger partial charge in [0.05, 0.1) is 12.2 Å². The summed E-state index contributed by atoms with van der Waals surface area (Å²) in [4.78, 5) is 11.5. The molecule has 0 aliphatic carbocycles. The molecule has 0 bridgehead atoms. The van der Waals surface area contributed by atoms with Crippen LogP contribution in [-0.2, 0) is 6.54 Å². The van der Waals surface area contributed by atoms with Gasteiger partial charge in [-0.2, -0.15) is 0 Å². The summed E-state index contributed by atoms with van der Waals surface area (Å²) in [5.41, 5.74) is 1.18. The van der Waals surface area contributed by atoms with Crippen LogP contribution in [0.25, 0.3) is 0 Å². The van der Waals surface area contributed by atoms with Crippen LogP contribution in [0.4, 0.5) is 0 Å². The van der Waals surface area contributed by atoms with Gasteiger partial charge in [0.2, 0.25) is 0 Å². The van der Waals surface area contributed by atoms with Crippen molar-refractivity contribution in [2.24, 2.45) is 10.9 Å². The largest absolute Gasteiger partial charge is 0.356 e. The molecular formula is C18H33N5S. The van der Waals surface area contributed by atoms with Crippen molar-refractivity contribution in [3.63, 3.8) is 0 Å². The number of nitrogens with zero attached hydrogens (tertiary/aromatic N) is 3. The number of aliphatic imine (C=N–C) groups is 1. The highest BCUT2D eigenvalue weighted by Gasteiger charge is 2.17. The Kier molecular flexibility index (Phi) is 7.99. The predicted octanol–water partition coefficient (Wildman–Crippen LogP) is 3.05. The van der Waals surface area contributed by atoms with Crippen molar-refractivity contribution in [2.75, 3.05) is 33.2 Å². The van der Waals surface area contributed by atoms with Gasteiger partial charge in [-0.15, -0.1) is 11.3 Å². The average Bonchev–Trinajstić information content (AvgIpc) is 3.08. The van der Waals surface area contributed by atoms with Crippen molar-refractivity contribution in [2.45, 2.75) is 52.5 Å². The Hall–Kier alpha value is -1.14. The molecule has 1 aromatic rings. The van der Waals surface area contributed by atoms with Crippen molar-refractivity contribution in [1.82, 2.24) is 20.5 Å². The summed E-state index contributed by atoms with van der Waals surface area (Å²) in [7, 11) is 1.83. The molecule has 0 saturated carbocycles. The zero-order chi connectivity index (χ0) is 17.4. The minimum Gasteiger partial charge on any atom is -0.356 e. The Balaban J connectivity index is 1.65. The number of nitrogens with one attached hydrogen (secondary N) is 2. The number of aromatic nitrogens is 1. The molecule has 2 heterocycles. The molecule has 0 amide bonds. The summed E-state index contributed by atoms with van der Waals surface area (Å²) < 4.78 is 0. The minimum atomic E-state index is 0.492. The van der Waals surface area contributed by atoms with E-state index in [4.69, 9.17) is 0 Å². The van der Waals surface area contributed by atoms with E-state index in [9.17, 15) is 0 Å². The van der Waals surface area contributed by atoms with Crippen molar-refractivity contribution in [1.29, 1.82) is 0 Å². The number of guanidine groups is 1. The van der Waals surface area contributed by atoms with Crippen molar-refractivity contribution in [3.8, 4) is 0 Å². The molecule has 1 aliphatic heterocycles. The van der Waals surface area contributed by atoms with E-state index in [0.717, 1.165) is 30.0 Å². The number of rotatable bonds is 7. The second-order valence-corrected chi connectivity index (χ2v) is 7.78. The Morgan fingerprint density at radius 3 is 2.71 bits per heavy atom. The molecule has 1 fully saturated rings. The smallest absolute Gasteiger partial charge is 0.191 e. The van der Waals surface area contributed by atoms with E-state index in [1.165, 1.54) is 44.6 Å². The van der Waals surface area contributed by atoms with Gasteiger partial charge in [0.25, 0.3) is 0 Å². The van der Waals surface area contributed by atoms with Gasteiger partial charge in [-0.25, -0.2) is 4.98 Å². The quantitative estimate of drug-likeness (QED) is 0.586. The zero-order valence-corrected chi connectivity index (χ0v) is 16.5. The number of likely N-dealkylation sites (tertiary alicyclic amines) is 1. The maximum absolute atomic E-state index is 4.65. The number of hydrogen-bond acceptors (Lipinski definition) is 4. The van der Waals surface area contributed by atoms with Gasteiger partial charge in [-0.1, -0.05) is 20.8 Å². The van der Waals surface area contributed by atoms with Crippen molar-refractivity contribution in [3.05, 3.63) is 16.1 Å². The summed E-state index contributed by atoms with van der Waals surface area (Å²) in [6, 6.07) is 0. The van der Waals surface area contributed by atoms with Crippen LogP contribution in [0.15, 0.2) is 10.4 Å². The maximum Gasteiger partial charge on any atom is 0.191 e. The van der Waals surface area contributed by atoms with E-state index in [1.54, 1.807) is 11.3 Å². The average molecular weight is 352 g/mol. The summed E-state index contributed by atoms with van der Waals surface area (Å²) in [5, 5.41) is 10.1. The van der Waals surface area contributed by atoms with Gasteiger partial charge < -0.3 is 15.5 Å². The first kappa shape index (κ1) is 19.2. The van der Waals surface area contributed by atoms with Crippen LogP contribution >= 0.6 is 11.3 Å². The highest BCUT2D eigenvalue weighted by atomic mass is 32.1. The molecule has 2 rings (SSSR count). The molecule has 0 unspecified atom stereocenters. The van der Waals surface area contributed by atoms with Gasteiger partial charge in [0.1, 0.15) is 5.01 Å². The third-order valence-electron chi connectivity index (χ3n) is 4.79. The Morgan fingerprint density at radius 1 is 1.38 bits per heavy atom. The fraction of sp³-hybridized carbons (Fsp3) is 0.778. The normalized spacial score (nSPS) is 17.5. The molecule has 1 aliphatic rings. The lowest BCUT2D eigenvalue weighted by Gasteiger charge is -2.31. The predicted molar refractivity (Wildman–Crippen MR) is 104 cm³/mol. The second kappa shape index (κ2) is 9.99. The first-order valence-electron chi connectivity index (χ1n) is 9.23. The molecule has 1 aromatic heterocycles. The zero-order valence-electron chi connectivity index (χ0n) is 15.6. The molecule has 6 heteroatoms. The van der Waals surface area contributed by atoms with Gasteiger partial charge in [-0.05, 0) is 50.7 Å². The van der Waals surface area contributed by atoms with Gasteiger partial charge in [0, 0.05) is 19.0 Å². The van der Waals surface area contributed by atoms with Gasteiger partial charge in [-0.3, -0.25) is 4.99 Å². The second-order valence-electron chi connectivity index (χ2n) is 6.84. The molecule has 2 N–H and O–H groups in total. The summed E-state index contributed by atoms with van der Waals surface area (Å²) in [6.45, 7) is 12.1. The van der Waals surface area contributed by atoms with Crippen LogP contribution in [0.3, 0.4) is 0 Å². The van der Waals surface area contributed by atoms with Gasteiger partial charge in [0.15, 0.2) is 5.96 Å². The molecule has 136 valence electrons. The standard InChI is InChI=1S/C18H33N5S/c1-5-23-10-7-15(8-11-23)6-9-20-18(19-4)21-12-17-22-16(13-24-17)14(2)3/h13-15H,5-12H2,1-4H3,(H2,19,20,21). The Morgan fingerprint density at radius 2 is 2.12 bits per heavy atom. The molecule has 0 aromatic carbocycles. The van der Waals surface area contributed by atoms with E-state index >= 15 is 0 Å². The summed E-state index contributed by atoms with van der Waals surface area (Å²) in [6.07, 6.45) is 3.89. The highest BCUT2D eigenvalue weighted by Crippen LogP contribution is 2.19. The van der Waals surface area contributed by atoms with E-state index < -0.39 is 0 Å². The highest BCUT2D eigenvalue weighted by molar-refractivity contribution is 7.09. The minimum absolute atomic E-state index is 0.492. The third kappa shape index (κ3) is 6.06. The molecule has 0 spiro atoms. The molecule has 0 radical (unpaired) electrons. The molecule has 5 nitrogen and oxygen atoms in total. The SMILES string of the molecule is CCN1CCC(CCNC(=NC)NCc2nc(C(C)C)cs2)CC1. The van der Waals surface area contributed by atoms with Gasteiger partial charge >= 0.3 is 0 Å². The summed E-state index contributed by atoms with van der Waals surface area (Å²) in [5.74, 6) is 2.22. The molecule has 1 saturated heterocycles. The first-order valence-corrected chi connectivity index (χ1v) is 10.1. The summed E-state index contributed by atoms with van der Waals surface area (Å²) >= 11 is 1.72. The number of thiazole rings is 1. The molecular weight excluding hydrogens is 318 g/mol. The van der Waals surface area contributed by atoms with E-state index in [0.29, 0.717) is 5.92 Å². The van der Waals surface area contributed by atoms with Crippen LogP contribution in [0.5, 0.6) is 0 Å². The van der Waals surface area contributed by atoms with Crippen LogP contribution in [0.1, 0.15) is 56.7 Å². The molecule has 24 heavy (non-hydrogen) atoms. The van der Waals surface area contributed by atoms with Crippen LogP contribution in [0.2, 0.25) is 0 Å². The van der Waals surface area contributed by atoms with E-state index in [-0.39, 0.29) is 0 Å². The number of hydrogen-bond donors (Lipinski definition) is 2. The van der Waals surface area contributed by atoms with Crippen molar-refractivity contribution < 1.29 is 0 Å². The lowest BCUT2D eigenvalue weighted by atomic mass is 9.93. The topological polar surface area (TPSA) is 52.5 Å². The fourth-order valence-electron chi connectivity index (χ4n) is 3.04. The number of piperidine rings is 1. The van der Waals surface area contributed by atoms with E-state index in [2.05, 4.69) is 51.7 Å². The fourth-order valence-corrected chi connectivity index (χ4v) is 3.93. The van der Waals surface area contributed by atoms with Crippen molar-refractivity contribution >= 4 is 17.3 Å².